The molecule has 1 N–H and O–H groups in total. The zero-order valence-electron chi connectivity index (χ0n) is 13.2. The summed E-state index contributed by atoms with van der Waals surface area (Å²) in [5.41, 5.74) is 2.49. The van der Waals surface area contributed by atoms with Crippen molar-refractivity contribution in [3.8, 4) is 0 Å². The van der Waals surface area contributed by atoms with Crippen LogP contribution >= 0.6 is 11.6 Å². The van der Waals surface area contributed by atoms with E-state index < -0.39 is 0 Å². The second kappa shape index (κ2) is 6.58. The maximum absolute atomic E-state index is 6.57. The monoisotopic (exact) mass is 306 g/mol. The van der Waals surface area contributed by atoms with Crippen molar-refractivity contribution >= 4 is 17.3 Å². The van der Waals surface area contributed by atoms with Gasteiger partial charge >= 0.3 is 0 Å². The lowest BCUT2D eigenvalue weighted by Crippen LogP contribution is -2.41. The lowest BCUT2D eigenvalue weighted by Gasteiger charge is -2.42. The van der Waals surface area contributed by atoms with Gasteiger partial charge in [-0.25, -0.2) is 0 Å². The number of piperidine rings is 1. The Morgan fingerprint density at radius 1 is 1.19 bits per heavy atom. The summed E-state index contributed by atoms with van der Waals surface area (Å²) < 4.78 is 0. The van der Waals surface area contributed by atoms with E-state index in [0.29, 0.717) is 6.04 Å². The van der Waals surface area contributed by atoms with Crippen LogP contribution in [0.15, 0.2) is 18.2 Å². The molecule has 1 saturated carbocycles. The molecule has 2 fully saturated rings. The summed E-state index contributed by atoms with van der Waals surface area (Å²) in [6.07, 6.45) is 7.06. The summed E-state index contributed by atoms with van der Waals surface area (Å²) in [6, 6.07) is 6.91. The van der Waals surface area contributed by atoms with Crippen LogP contribution in [-0.4, -0.2) is 20.1 Å². The van der Waals surface area contributed by atoms with Gasteiger partial charge in [0, 0.05) is 19.1 Å². The van der Waals surface area contributed by atoms with Gasteiger partial charge in [0.25, 0.3) is 0 Å². The molecule has 3 unspecified atom stereocenters. The number of hydrogen-bond acceptors (Lipinski definition) is 2. The van der Waals surface area contributed by atoms with Gasteiger partial charge in [0.15, 0.2) is 0 Å². The number of fused-ring (bicyclic) bond motifs is 1. The van der Waals surface area contributed by atoms with Gasteiger partial charge in [-0.15, -0.1) is 0 Å². The number of benzene rings is 1. The van der Waals surface area contributed by atoms with Crippen LogP contribution in [0.25, 0.3) is 0 Å². The predicted molar refractivity (Wildman–Crippen MR) is 91.2 cm³/mol. The third-order valence-corrected chi connectivity index (χ3v) is 5.84. The van der Waals surface area contributed by atoms with Gasteiger partial charge < -0.3 is 10.2 Å². The minimum atomic E-state index is 0.348. The fourth-order valence-electron chi connectivity index (χ4n) is 4.04. The van der Waals surface area contributed by atoms with E-state index in [-0.39, 0.29) is 0 Å². The number of hydrogen-bond donors (Lipinski definition) is 1. The second-order valence-corrected chi connectivity index (χ2v) is 7.17. The molecule has 1 aliphatic carbocycles. The number of nitrogens with one attached hydrogen (secondary N) is 1. The summed E-state index contributed by atoms with van der Waals surface area (Å²) in [5, 5.41) is 4.18. The summed E-state index contributed by atoms with van der Waals surface area (Å²) in [7, 11) is 1.99. The van der Waals surface area contributed by atoms with Crippen molar-refractivity contribution in [1.82, 2.24) is 5.32 Å². The molecule has 2 nitrogen and oxygen atoms in total. The molecule has 1 saturated heterocycles. The third kappa shape index (κ3) is 3.22. The van der Waals surface area contributed by atoms with Gasteiger partial charge in [0.2, 0.25) is 0 Å². The number of anilines is 1. The summed E-state index contributed by atoms with van der Waals surface area (Å²) in [5.74, 6) is 1.86. The van der Waals surface area contributed by atoms with Gasteiger partial charge in [-0.2, -0.15) is 0 Å². The van der Waals surface area contributed by atoms with Crippen molar-refractivity contribution in [3.63, 3.8) is 0 Å². The van der Waals surface area contributed by atoms with E-state index in [1.807, 2.05) is 7.05 Å². The molecule has 1 aliphatic heterocycles. The largest absolute Gasteiger partial charge is 0.370 e. The highest BCUT2D eigenvalue weighted by Gasteiger charge is 2.31. The first-order valence-electron chi connectivity index (χ1n) is 8.40. The topological polar surface area (TPSA) is 15.3 Å². The molecule has 3 atom stereocenters. The van der Waals surface area contributed by atoms with E-state index in [9.17, 15) is 0 Å². The Labute approximate surface area is 133 Å². The Morgan fingerprint density at radius 3 is 2.67 bits per heavy atom. The number of halogens is 1. The summed E-state index contributed by atoms with van der Waals surface area (Å²) in [4.78, 5) is 2.52. The van der Waals surface area contributed by atoms with E-state index in [2.05, 4.69) is 35.3 Å². The molecular formula is C18H27ClN2. The fourth-order valence-corrected chi connectivity index (χ4v) is 4.34. The van der Waals surface area contributed by atoms with E-state index in [1.54, 1.807) is 0 Å². The Bertz CT molecular complexity index is 488. The maximum atomic E-state index is 6.57. The highest BCUT2D eigenvalue weighted by molar-refractivity contribution is 6.33. The van der Waals surface area contributed by atoms with Crippen molar-refractivity contribution in [1.29, 1.82) is 0 Å². The lowest BCUT2D eigenvalue weighted by molar-refractivity contribution is 0.202. The molecule has 1 aromatic rings. The van der Waals surface area contributed by atoms with Gasteiger partial charge in [-0.05, 0) is 56.3 Å². The van der Waals surface area contributed by atoms with Crippen LogP contribution < -0.4 is 10.2 Å². The minimum absolute atomic E-state index is 0.348. The lowest BCUT2D eigenvalue weighted by atomic mass is 9.75. The van der Waals surface area contributed by atoms with Crippen molar-refractivity contribution < 1.29 is 0 Å². The first kappa shape index (κ1) is 15.2. The molecule has 1 heterocycles. The van der Waals surface area contributed by atoms with Crippen LogP contribution in [0, 0.1) is 11.8 Å². The van der Waals surface area contributed by atoms with Crippen molar-refractivity contribution in [2.45, 2.75) is 45.1 Å². The average Bonchev–Trinajstić information content (AvgIpc) is 2.53. The molecule has 0 radical (unpaired) electrons. The minimum Gasteiger partial charge on any atom is -0.370 e. The van der Waals surface area contributed by atoms with Crippen LogP contribution in [0.3, 0.4) is 0 Å². The third-order valence-electron chi connectivity index (χ3n) is 5.54. The molecule has 2 aliphatic rings. The SMILES string of the molecule is CNC(C)c1ccc(N2CCC3CCCCC3C2)c(Cl)c1. The van der Waals surface area contributed by atoms with Gasteiger partial charge in [-0.1, -0.05) is 36.9 Å². The molecule has 1 aromatic carbocycles. The number of rotatable bonds is 3. The zero-order valence-corrected chi connectivity index (χ0v) is 14.0. The van der Waals surface area contributed by atoms with Gasteiger partial charge in [-0.3, -0.25) is 0 Å². The van der Waals surface area contributed by atoms with Crippen molar-refractivity contribution in [3.05, 3.63) is 28.8 Å². The summed E-state index contributed by atoms with van der Waals surface area (Å²) >= 11 is 6.57. The molecule has 0 bridgehead atoms. The molecule has 3 rings (SSSR count). The predicted octanol–water partition coefficient (Wildman–Crippen LogP) is 4.64. The zero-order chi connectivity index (χ0) is 14.8. The maximum Gasteiger partial charge on any atom is 0.0642 e. The molecule has 0 amide bonds. The molecule has 3 heteroatoms. The van der Waals surface area contributed by atoms with E-state index in [4.69, 9.17) is 11.6 Å². The van der Waals surface area contributed by atoms with Crippen LogP contribution in [0.1, 0.15) is 50.6 Å². The van der Waals surface area contributed by atoms with Crippen LogP contribution in [-0.2, 0) is 0 Å². The molecule has 0 aromatic heterocycles. The Kier molecular flexibility index (Phi) is 4.75. The smallest absolute Gasteiger partial charge is 0.0642 e. The molecule has 116 valence electrons. The number of nitrogens with zero attached hydrogens (tertiary/aromatic N) is 1. The van der Waals surface area contributed by atoms with E-state index >= 15 is 0 Å². The van der Waals surface area contributed by atoms with Gasteiger partial charge in [0.05, 0.1) is 10.7 Å². The van der Waals surface area contributed by atoms with Crippen molar-refractivity contribution in [2.75, 3.05) is 25.0 Å². The highest BCUT2D eigenvalue weighted by atomic mass is 35.5. The first-order chi connectivity index (χ1) is 10.2. The van der Waals surface area contributed by atoms with Gasteiger partial charge in [0.1, 0.15) is 0 Å². The summed E-state index contributed by atoms with van der Waals surface area (Å²) in [6.45, 7) is 4.53. The first-order valence-corrected chi connectivity index (χ1v) is 8.78. The Hall–Kier alpha value is -0.730. The fraction of sp³-hybridized carbons (Fsp3) is 0.667. The molecular weight excluding hydrogens is 280 g/mol. The average molecular weight is 307 g/mol. The standard InChI is InChI=1S/C18H27ClN2/c1-13(20-2)15-7-8-18(17(19)11-15)21-10-9-14-5-3-4-6-16(14)12-21/h7-8,11,13-14,16,20H,3-6,9-10,12H2,1-2H3. The quantitative estimate of drug-likeness (QED) is 0.875. The van der Waals surface area contributed by atoms with Crippen LogP contribution in [0.2, 0.25) is 5.02 Å². The highest BCUT2D eigenvalue weighted by Crippen LogP contribution is 2.39. The van der Waals surface area contributed by atoms with Crippen LogP contribution in [0.5, 0.6) is 0 Å². The van der Waals surface area contributed by atoms with E-state index in [0.717, 1.165) is 16.9 Å². The molecule has 0 spiro atoms. The normalized spacial score (nSPS) is 27.3. The molecule has 21 heavy (non-hydrogen) atoms. The van der Waals surface area contributed by atoms with E-state index in [1.165, 1.54) is 56.4 Å². The van der Waals surface area contributed by atoms with Crippen LogP contribution in [0.4, 0.5) is 5.69 Å². The Morgan fingerprint density at radius 2 is 1.95 bits per heavy atom. The van der Waals surface area contributed by atoms with Crippen molar-refractivity contribution in [2.24, 2.45) is 11.8 Å². The second-order valence-electron chi connectivity index (χ2n) is 6.76. The Balaban J connectivity index is 1.74.